The molecule has 1 saturated carbocycles. The van der Waals surface area contributed by atoms with Crippen molar-refractivity contribution in [3.8, 4) is 0 Å². The van der Waals surface area contributed by atoms with Gasteiger partial charge in [0.15, 0.2) is 23.3 Å². The maximum Gasteiger partial charge on any atom is 0.310 e. The average Bonchev–Trinajstić information content (AvgIpc) is 3.15. The molecule has 0 aromatic heterocycles. The van der Waals surface area contributed by atoms with E-state index in [0.29, 0.717) is 0 Å². The number of hydrogen-bond acceptors (Lipinski definition) is 2. The summed E-state index contributed by atoms with van der Waals surface area (Å²) in [6.45, 7) is 2.52. The minimum Gasteiger partial charge on any atom is -0.460 e. The van der Waals surface area contributed by atoms with Crippen LogP contribution in [0.5, 0.6) is 0 Å². The first-order valence-corrected chi connectivity index (χ1v) is 9.48. The number of halogens is 8. The van der Waals surface area contributed by atoms with Gasteiger partial charge in [0.25, 0.3) is 0 Å². The van der Waals surface area contributed by atoms with Crippen molar-refractivity contribution in [1.29, 1.82) is 0 Å². The highest BCUT2D eigenvalue weighted by Gasteiger charge is 2.61. The Morgan fingerprint density at radius 2 is 1.54 bits per heavy atom. The molecule has 1 aromatic rings. The van der Waals surface area contributed by atoms with E-state index in [0.717, 1.165) is 5.54 Å². The Bertz CT molecular complexity index is 835. The summed E-state index contributed by atoms with van der Waals surface area (Å²) in [6, 6.07) is 0. The lowest BCUT2D eigenvalue weighted by atomic mass is 10.1. The summed E-state index contributed by atoms with van der Waals surface area (Å²) in [4.78, 5) is 12.2. The summed E-state index contributed by atoms with van der Waals surface area (Å²) in [6.07, 6.45) is 0.818. The second-order valence-corrected chi connectivity index (χ2v) is 8.55. The van der Waals surface area contributed by atoms with Gasteiger partial charge in [-0.1, -0.05) is 60.3 Å². The van der Waals surface area contributed by atoms with Gasteiger partial charge < -0.3 is 4.74 Å². The van der Waals surface area contributed by atoms with E-state index in [9.17, 15) is 22.4 Å². The Kier molecular flexibility index (Phi) is 7.35. The van der Waals surface area contributed by atoms with Crippen LogP contribution in [0.2, 0.25) is 0 Å². The van der Waals surface area contributed by atoms with Crippen LogP contribution in [0.3, 0.4) is 0 Å². The van der Waals surface area contributed by atoms with Gasteiger partial charge in [0, 0.05) is 22.6 Å². The summed E-state index contributed by atoms with van der Waals surface area (Å²) >= 11 is 22.0. The first-order valence-electron chi connectivity index (χ1n) is 7.91. The van der Waals surface area contributed by atoms with E-state index in [1.807, 2.05) is 0 Å². The van der Waals surface area contributed by atoms with E-state index < -0.39 is 64.7 Å². The lowest BCUT2D eigenvalue weighted by Gasteiger charge is -2.12. The molecule has 1 aromatic carbocycles. The minimum absolute atomic E-state index is 0.0325. The zero-order valence-electron chi connectivity index (χ0n) is 14.6. The van der Waals surface area contributed by atoms with Gasteiger partial charge in [-0.25, -0.2) is 17.6 Å². The minimum atomic E-state index is -1.67. The van der Waals surface area contributed by atoms with E-state index in [-0.39, 0.29) is 15.4 Å². The second kappa shape index (κ2) is 8.82. The number of carbonyl (C=O) groups is 1. The fraction of sp³-hybridized carbons (Fsp3) is 0.389. The molecule has 0 heterocycles. The van der Waals surface area contributed by atoms with Crippen molar-refractivity contribution in [3.05, 3.63) is 55.5 Å². The molecule has 0 radical (unpaired) electrons. The number of ether oxygens (including phenoxy) is 1. The van der Waals surface area contributed by atoms with Gasteiger partial charge in [-0.3, -0.25) is 4.79 Å². The first kappa shape index (κ1) is 23.3. The van der Waals surface area contributed by atoms with Crippen molar-refractivity contribution >= 4 is 52.4 Å². The summed E-state index contributed by atoms with van der Waals surface area (Å²) in [7, 11) is 0. The van der Waals surface area contributed by atoms with Crippen LogP contribution in [-0.2, 0) is 22.6 Å². The molecule has 0 saturated heterocycles. The predicted molar refractivity (Wildman–Crippen MR) is 100 cm³/mol. The van der Waals surface area contributed by atoms with E-state index >= 15 is 0 Å². The average molecular weight is 480 g/mol. The number of carbonyl (C=O) groups excluding carboxylic acids is 1. The topological polar surface area (TPSA) is 26.3 Å². The maximum atomic E-state index is 14.2. The highest BCUT2D eigenvalue weighted by atomic mass is 35.5. The quantitative estimate of drug-likeness (QED) is 0.256. The molecule has 0 spiro atoms. The third-order valence-corrected chi connectivity index (χ3v) is 5.61. The van der Waals surface area contributed by atoms with E-state index in [1.54, 1.807) is 13.8 Å². The standard InChI is InChI=1S/C18H14Cl4F4O2/c1-18(2)10(4-11(21)22)12(18)17(27)28-6-9-15(25)13(23)8(3-7(20)5-19)14(24)16(9)26/h4-5,10,12H,3,6H2,1-2H3/b7-5+/t10-,12-/m1/s1. The highest BCUT2D eigenvalue weighted by Crippen LogP contribution is 2.60. The van der Waals surface area contributed by atoms with E-state index in [1.165, 1.54) is 6.08 Å². The van der Waals surface area contributed by atoms with Crippen LogP contribution >= 0.6 is 46.4 Å². The van der Waals surface area contributed by atoms with Crippen LogP contribution in [-0.4, -0.2) is 5.97 Å². The van der Waals surface area contributed by atoms with Gasteiger partial charge in [-0.05, 0) is 17.4 Å². The van der Waals surface area contributed by atoms with Crippen LogP contribution in [0.4, 0.5) is 17.6 Å². The number of allylic oxidation sites excluding steroid dienone is 2. The van der Waals surface area contributed by atoms with Crippen LogP contribution < -0.4 is 0 Å². The molecular weight excluding hydrogens is 466 g/mol. The van der Waals surface area contributed by atoms with Crippen molar-refractivity contribution in [2.75, 3.05) is 0 Å². The van der Waals surface area contributed by atoms with Gasteiger partial charge in [0.05, 0.1) is 11.5 Å². The van der Waals surface area contributed by atoms with Crippen LogP contribution in [0, 0.1) is 40.5 Å². The maximum absolute atomic E-state index is 14.2. The van der Waals surface area contributed by atoms with Crippen molar-refractivity contribution in [2.45, 2.75) is 26.9 Å². The molecule has 0 unspecified atom stereocenters. The van der Waals surface area contributed by atoms with Crippen molar-refractivity contribution in [1.82, 2.24) is 0 Å². The normalized spacial score (nSPS) is 20.7. The molecule has 0 N–H and O–H groups in total. The summed E-state index contributed by atoms with van der Waals surface area (Å²) < 4.78 is 61.5. The smallest absolute Gasteiger partial charge is 0.310 e. The van der Waals surface area contributed by atoms with Gasteiger partial charge in [0.1, 0.15) is 11.1 Å². The SMILES string of the molecule is CC1(C)[C@H](C=C(Cl)Cl)[C@@H]1C(=O)OCc1c(F)c(F)c(C/C(Cl)=C\Cl)c(F)c1F. The third-order valence-electron chi connectivity index (χ3n) is 4.74. The third kappa shape index (κ3) is 4.61. The fourth-order valence-electron chi connectivity index (χ4n) is 3.02. The molecule has 1 fully saturated rings. The molecule has 2 nitrogen and oxygen atoms in total. The number of hydrogen-bond donors (Lipinski definition) is 0. The van der Waals surface area contributed by atoms with Crippen LogP contribution in [0.15, 0.2) is 21.1 Å². The molecule has 0 amide bonds. The van der Waals surface area contributed by atoms with Gasteiger partial charge in [-0.15, -0.1) is 0 Å². The molecule has 0 bridgehead atoms. The fourth-order valence-corrected chi connectivity index (χ4v) is 3.50. The van der Waals surface area contributed by atoms with Crippen LogP contribution in [0.1, 0.15) is 25.0 Å². The molecule has 28 heavy (non-hydrogen) atoms. The predicted octanol–water partition coefficient (Wildman–Crippen LogP) is 6.74. The highest BCUT2D eigenvalue weighted by molar-refractivity contribution is 6.55. The van der Waals surface area contributed by atoms with Gasteiger partial charge in [0.2, 0.25) is 0 Å². The lowest BCUT2D eigenvalue weighted by molar-refractivity contribution is -0.147. The Morgan fingerprint density at radius 3 is 2.00 bits per heavy atom. The van der Waals surface area contributed by atoms with Gasteiger partial charge in [-0.2, -0.15) is 0 Å². The number of rotatable bonds is 6. The summed E-state index contributed by atoms with van der Waals surface area (Å²) in [5.41, 5.74) is -1.67. The number of esters is 1. The Balaban J connectivity index is 2.22. The Morgan fingerprint density at radius 1 is 1.04 bits per heavy atom. The van der Waals surface area contributed by atoms with E-state index in [2.05, 4.69) is 0 Å². The molecular formula is C18H14Cl4F4O2. The Hall–Kier alpha value is -0.950. The number of benzene rings is 1. The lowest BCUT2D eigenvalue weighted by Crippen LogP contribution is -2.15. The molecule has 10 heteroatoms. The Labute approximate surface area is 179 Å². The van der Waals surface area contributed by atoms with Crippen molar-refractivity contribution in [2.24, 2.45) is 17.3 Å². The molecule has 1 aliphatic carbocycles. The van der Waals surface area contributed by atoms with E-state index in [4.69, 9.17) is 51.1 Å². The molecule has 154 valence electrons. The van der Waals surface area contributed by atoms with Crippen LogP contribution in [0.25, 0.3) is 0 Å². The zero-order valence-corrected chi connectivity index (χ0v) is 17.6. The molecule has 2 rings (SSSR count). The van der Waals surface area contributed by atoms with Crippen molar-refractivity contribution < 1.29 is 27.1 Å². The monoisotopic (exact) mass is 478 g/mol. The largest absolute Gasteiger partial charge is 0.460 e. The summed E-state index contributed by atoms with van der Waals surface area (Å²) in [5.74, 6) is -8.40. The zero-order chi connectivity index (χ0) is 21.4. The van der Waals surface area contributed by atoms with Crippen molar-refractivity contribution in [3.63, 3.8) is 0 Å². The first-order chi connectivity index (χ1) is 12.9. The van der Waals surface area contributed by atoms with Gasteiger partial charge >= 0.3 is 5.97 Å². The summed E-state index contributed by atoms with van der Waals surface area (Å²) in [5, 5.41) is -0.217. The molecule has 2 atom stereocenters. The molecule has 0 aliphatic heterocycles. The second-order valence-electron chi connectivity index (χ2n) is 6.83. The molecule has 1 aliphatic rings.